The van der Waals surface area contributed by atoms with Gasteiger partial charge in [-0.2, -0.15) is 0 Å². The second-order valence-electron chi connectivity index (χ2n) is 8.62. The van der Waals surface area contributed by atoms with Crippen LogP contribution < -0.4 is 5.32 Å². The van der Waals surface area contributed by atoms with Crippen LogP contribution in [0.1, 0.15) is 59.3 Å². The highest BCUT2D eigenvalue weighted by Gasteiger charge is 2.30. The summed E-state index contributed by atoms with van der Waals surface area (Å²) in [6.07, 6.45) is 7.77. The van der Waals surface area contributed by atoms with Crippen LogP contribution in [0.2, 0.25) is 0 Å². The van der Waals surface area contributed by atoms with Gasteiger partial charge in [-0.3, -0.25) is 0 Å². The summed E-state index contributed by atoms with van der Waals surface area (Å²) in [5.41, 5.74) is 0.358. The Bertz CT molecular complexity index is 296. The molecule has 0 aromatic carbocycles. The van der Waals surface area contributed by atoms with Gasteiger partial charge in [0.05, 0.1) is 0 Å². The second-order valence-corrected chi connectivity index (χ2v) is 8.62. The van der Waals surface area contributed by atoms with E-state index in [0.29, 0.717) is 18.1 Å². The number of nitrogens with one attached hydrogen (secondary N) is 1. The van der Waals surface area contributed by atoms with Gasteiger partial charge in [-0.1, -0.05) is 27.2 Å². The summed E-state index contributed by atoms with van der Waals surface area (Å²) in [5, 5.41) is 12.9. The van der Waals surface area contributed by atoms with Gasteiger partial charge in [-0.05, 0) is 49.4 Å². The molecule has 1 heterocycles. The van der Waals surface area contributed by atoms with E-state index in [9.17, 15) is 0 Å². The van der Waals surface area contributed by atoms with Crippen molar-refractivity contribution < 1.29 is 5.11 Å². The fourth-order valence-electron chi connectivity index (χ4n) is 3.68. The summed E-state index contributed by atoms with van der Waals surface area (Å²) in [6.45, 7) is 12.1. The van der Waals surface area contributed by atoms with Gasteiger partial charge in [-0.15, -0.1) is 0 Å². The van der Waals surface area contributed by atoms with Crippen LogP contribution in [0.3, 0.4) is 0 Å². The molecule has 0 bridgehead atoms. The zero-order valence-corrected chi connectivity index (χ0v) is 14.4. The van der Waals surface area contributed by atoms with Crippen molar-refractivity contribution in [1.29, 1.82) is 0 Å². The van der Waals surface area contributed by atoms with Crippen LogP contribution in [0.4, 0.5) is 0 Å². The summed E-state index contributed by atoms with van der Waals surface area (Å²) < 4.78 is 0. The number of rotatable bonds is 7. The number of hydrogen-bond donors (Lipinski definition) is 2. The highest BCUT2D eigenvalue weighted by molar-refractivity contribution is 4.86. The molecule has 2 aliphatic rings. The fraction of sp³-hybridized carbons (Fsp3) is 1.00. The Labute approximate surface area is 131 Å². The third-order valence-corrected chi connectivity index (χ3v) is 5.05. The smallest absolute Gasteiger partial charge is 0.0431 e. The molecular weight excluding hydrogens is 260 g/mol. The molecule has 0 radical (unpaired) electrons. The summed E-state index contributed by atoms with van der Waals surface area (Å²) in [4.78, 5) is 2.70. The first-order chi connectivity index (χ1) is 9.96. The molecular formula is C18H36N2O. The first-order valence-corrected chi connectivity index (χ1v) is 9.03. The van der Waals surface area contributed by atoms with Gasteiger partial charge in [0, 0.05) is 38.8 Å². The van der Waals surface area contributed by atoms with Crippen molar-refractivity contribution in [3.8, 4) is 0 Å². The van der Waals surface area contributed by atoms with Crippen molar-refractivity contribution >= 4 is 0 Å². The van der Waals surface area contributed by atoms with E-state index in [1.807, 2.05) is 0 Å². The Hall–Kier alpha value is -0.120. The summed E-state index contributed by atoms with van der Waals surface area (Å²) in [6, 6.07) is 0.641. The maximum absolute atomic E-state index is 9.10. The monoisotopic (exact) mass is 296 g/mol. The third kappa shape index (κ3) is 6.25. The van der Waals surface area contributed by atoms with Crippen molar-refractivity contribution in [2.24, 2.45) is 17.3 Å². The van der Waals surface area contributed by atoms with Crippen LogP contribution in [0.15, 0.2) is 0 Å². The lowest BCUT2D eigenvalue weighted by Gasteiger charge is -2.42. The molecule has 3 heteroatoms. The molecule has 2 fully saturated rings. The van der Waals surface area contributed by atoms with Gasteiger partial charge in [-0.25, -0.2) is 0 Å². The molecule has 2 unspecified atom stereocenters. The van der Waals surface area contributed by atoms with E-state index in [0.717, 1.165) is 24.8 Å². The lowest BCUT2D eigenvalue weighted by Crippen LogP contribution is -2.52. The zero-order valence-electron chi connectivity index (χ0n) is 14.4. The van der Waals surface area contributed by atoms with Crippen LogP contribution in [0.5, 0.6) is 0 Å². The number of aliphatic hydroxyl groups is 1. The zero-order chi connectivity index (χ0) is 15.3. The molecule has 0 spiro atoms. The second kappa shape index (κ2) is 7.94. The van der Waals surface area contributed by atoms with E-state index in [4.69, 9.17) is 5.11 Å². The number of piperidine rings is 1. The van der Waals surface area contributed by atoms with E-state index < -0.39 is 0 Å². The van der Waals surface area contributed by atoms with Crippen LogP contribution in [0, 0.1) is 17.3 Å². The molecule has 1 aliphatic carbocycles. The number of nitrogens with zero attached hydrogens (tertiary/aromatic N) is 1. The van der Waals surface area contributed by atoms with E-state index >= 15 is 0 Å². The minimum Gasteiger partial charge on any atom is -0.396 e. The van der Waals surface area contributed by atoms with Crippen molar-refractivity contribution in [1.82, 2.24) is 10.2 Å². The van der Waals surface area contributed by atoms with Gasteiger partial charge >= 0.3 is 0 Å². The SMILES string of the molecule is CC(C)(C)CNC1CC(CCCO)CN(CC2CCC2)C1. The molecule has 2 rings (SSSR count). The van der Waals surface area contributed by atoms with Crippen molar-refractivity contribution in [3.63, 3.8) is 0 Å². The fourth-order valence-corrected chi connectivity index (χ4v) is 3.68. The summed E-state index contributed by atoms with van der Waals surface area (Å²) in [7, 11) is 0. The molecule has 2 N–H and O–H groups in total. The summed E-state index contributed by atoms with van der Waals surface area (Å²) >= 11 is 0. The third-order valence-electron chi connectivity index (χ3n) is 5.05. The quantitative estimate of drug-likeness (QED) is 0.758. The minimum atomic E-state index is 0.346. The van der Waals surface area contributed by atoms with Gasteiger partial charge < -0.3 is 15.3 Å². The summed E-state index contributed by atoms with van der Waals surface area (Å²) in [5.74, 6) is 1.73. The minimum absolute atomic E-state index is 0.346. The molecule has 2 atom stereocenters. The molecule has 3 nitrogen and oxygen atoms in total. The van der Waals surface area contributed by atoms with Crippen LogP contribution in [0.25, 0.3) is 0 Å². The lowest BCUT2D eigenvalue weighted by molar-refractivity contribution is 0.0923. The van der Waals surface area contributed by atoms with E-state index in [-0.39, 0.29) is 0 Å². The van der Waals surface area contributed by atoms with Crippen molar-refractivity contribution in [2.45, 2.75) is 65.3 Å². The van der Waals surface area contributed by atoms with Gasteiger partial charge in [0.15, 0.2) is 0 Å². The maximum atomic E-state index is 9.10. The van der Waals surface area contributed by atoms with Gasteiger partial charge in [0.1, 0.15) is 0 Å². The Balaban J connectivity index is 1.82. The van der Waals surface area contributed by atoms with Crippen LogP contribution in [-0.2, 0) is 0 Å². The first-order valence-electron chi connectivity index (χ1n) is 9.03. The topological polar surface area (TPSA) is 35.5 Å². The molecule has 1 aliphatic heterocycles. The van der Waals surface area contributed by atoms with Gasteiger partial charge in [0.25, 0.3) is 0 Å². The first kappa shape index (κ1) is 17.2. The van der Waals surface area contributed by atoms with Crippen molar-refractivity contribution in [2.75, 3.05) is 32.8 Å². The van der Waals surface area contributed by atoms with E-state index in [2.05, 4.69) is 31.0 Å². The highest BCUT2D eigenvalue weighted by atomic mass is 16.2. The molecule has 0 amide bonds. The average Bonchev–Trinajstić information content (AvgIpc) is 2.37. The Kier molecular flexibility index (Phi) is 6.51. The average molecular weight is 296 g/mol. The van der Waals surface area contributed by atoms with E-state index in [1.54, 1.807) is 0 Å². The van der Waals surface area contributed by atoms with Crippen LogP contribution >= 0.6 is 0 Å². The van der Waals surface area contributed by atoms with Crippen molar-refractivity contribution in [3.05, 3.63) is 0 Å². The molecule has 21 heavy (non-hydrogen) atoms. The Morgan fingerprint density at radius 2 is 1.90 bits per heavy atom. The molecule has 124 valence electrons. The number of likely N-dealkylation sites (tertiary alicyclic amines) is 1. The number of hydrogen-bond acceptors (Lipinski definition) is 3. The maximum Gasteiger partial charge on any atom is 0.0431 e. The molecule has 0 aromatic heterocycles. The molecule has 0 aromatic rings. The Morgan fingerprint density at radius 3 is 2.48 bits per heavy atom. The van der Waals surface area contributed by atoms with Crippen LogP contribution in [-0.4, -0.2) is 48.8 Å². The number of aliphatic hydroxyl groups excluding tert-OH is 1. The Morgan fingerprint density at radius 1 is 1.14 bits per heavy atom. The predicted molar refractivity (Wildman–Crippen MR) is 89.5 cm³/mol. The predicted octanol–water partition coefficient (Wildman–Crippen LogP) is 2.89. The van der Waals surface area contributed by atoms with E-state index in [1.165, 1.54) is 51.7 Å². The standard InChI is InChI=1S/C18H36N2O/c1-18(2,3)14-19-17-10-16(8-5-9-21)12-20(13-17)11-15-6-4-7-15/h15-17,19,21H,4-14H2,1-3H3. The normalized spacial score (nSPS) is 28.6. The van der Waals surface area contributed by atoms with Gasteiger partial charge in [0.2, 0.25) is 0 Å². The highest BCUT2D eigenvalue weighted by Crippen LogP contribution is 2.30. The molecule has 1 saturated carbocycles. The molecule has 1 saturated heterocycles. The lowest BCUT2D eigenvalue weighted by atomic mass is 9.83. The largest absolute Gasteiger partial charge is 0.396 e.